The third-order valence-electron chi connectivity index (χ3n) is 6.33. The molecule has 3 rings (SSSR count). The summed E-state index contributed by atoms with van der Waals surface area (Å²) in [5.41, 5.74) is -0.777. The predicted octanol–water partition coefficient (Wildman–Crippen LogP) is 7.99. The van der Waals surface area contributed by atoms with E-state index in [-0.39, 0.29) is 60.0 Å². The summed E-state index contributed by atoms with van der Waals surface area (Å²) in [6, 6.07) is 12.2. The second-order valence-electron chi connectivity index (χ2n) is 10.5. The van der Waals surface area contributed by atoms with Gasteiger partial charge in [0.15, 0.2) is 5.78 Å². The van der Waals surface area contributed by atoms with Gasteiger partial charge in [-0.2, -0.15) is 13.2 Å². The number of ether oxygens (including phenoxy) is 1. The lowest BCUT2D eigenvalue weighted by Gasteiger charge is -2.32. The topological polar surface area (TPSA) is 75.6 Å². The first kappa shape index (κ1) is 30.6. The molecule has 0 fully saturated rings. The highest BCUT2D eigenvalue weighted by atomic mass is 19.4. The van der Waals surface area contributed by atoms with Gasteiger partial charge in [0.05, 0.1) is 11.6 Å². The van der Waals surface area contributed by atoms with Crippen molar-refractivity contribution in [1.82, 2.24) is 0 Å². The van der Waals surface area contributed by atoms with Crippen LogP contribution in [0.15, 0.2) is 60.7 Å². The highest BCUT2D eigenvalue weighted by Gasteiger charge is 2.31. The number of ketones is 1. The van der Waals surface area contributed by atoms with E-state index >= 15 is 0 Å². The molecule has 0 bridgehead atoms. The summed E-state index contributed by atoms with van der Waals surface area (Å²) in [6.07, 6.45) is -4.38. The summed E-state index contributed by atoms with van der Waals surface area (Å²) < 4.78 is 73.5. The fourth-order valence-corrected chi connectivity index (χ4v) is 3.90. The molecule has 214 valence electrons. The van der Waals surface area contributed by atoms with Crippen molar-refractivity contribution in [3.63, 3.8) is 0 Å². The lowest BCUT2D eigenvalue weighted by atomic mass is 9.87. The number of carbonyl (C=O) groups excluding carboxylic acids is 1. The van der Waals surface area contributed by atoms with Crippen LogP contribution in [0.4, 0.5) is 27.6 Å². The number of carboxylic acids is 1. The maximum Gasteiger partial charge on any atom is 0.416 e. The van der Waals surface area contributed by atoms with Crippen molar-refractivity contribution in [1.29, 1.82) is 0 Å². The molecule has 0 aliphatic rings. The summed E-state index contributed by atoms with van der Waals surface area (Å²) in [5, 5.41) is 12.1. The van der Waals surface area contributed by atoms with E-state index in [0.29, 0.717) is 23.4 Å². The lowest BCUT2D eigenvalue weighted by molar-refractivity contribution is -0.138. The molecule has 3 aromatic rings. The Morgan fingerprint density at radius 3 is 2.00 bits per heavy atom. The van der Waals surface area contributed by atoms with E-state index in [1.807, 2.05) is 20.8 Å². The maximum atomic E-state index is 14.8. The number of hydrogen-bond acceptors (Lipinski definition) is 4. The summed E-state index contributed by atoms with van der Waals surface area (Å²) in [7, 11) is 0. The number of nitrogens with one attached hydrogen (secondary N) is 1. The Morgan fingerprint density at radius 2 is 1.48 bits per heavy atom. The molecule has 0 aliphatic heterocycles. The molecule has 5 nitrogen and oxygen atoms in total. The van der Waals surface area contributed by atoms with Crippen molar-refractivity contribution in [2.75, 3.05) is 11.9 Å². The van der Waals surface area contributed by atoms with E-state index < -0.39 is 29.3 Å². The number of hydrogen-bond donors (Lipinski definition) is 2. The minimum atomic E-state index is -4.71. The summed E-state index contributed by atoms with van der Waals surface area (Å²) in [6.45, 7) is 6.05. The number of alkyl halides is 3. The molecule has 0 radical (unpaired) electrons. The third kappa shape index (κ3) is 8.27. The zero-order chi connectivity index (χ0) is 29.7. The molecular weight excluding hydrogens is 533 g/mol. The SMILES string of the molecule is CC(C)(C)[C@@H](COc1ccc(-c2ccc(C(F)(F)F)cc2F)c(F)c1)Nc1ccc(C(=O)CCCC(=O)O)cc1. The van der Waals surface area contributed by atoms with Gasteiger partial charge < -0.3 is 15.2 Å². The molecule has 0 saturated carbocycles. The minimum Gasteiger partial charge on any atom is -0.491 e. The lowest BCUT2D eigenvalue weighted by Crippen LogP contribution is -2.39. The molecular formula is C30H30F5NO4. The Kier molecular flexibility index (Phi) is 9.55. The molecule has 3 aromatic carbocycles. The van der Waals surface area contributed by atoms with Crippen LogP contribution >= 0.6 is 0 Å². The van der Waals surface area contributed by atoms with Gasteiger partial charge in [-0.3, -0.25) is 9.59 Å². The first-order chi connectivity index (χ1) is 18.6. The number of rotatable bonds is 11. The van der Waals surface area contributed by atoms with Gasteiger partial charge in [-0.25, -0.2) is 8.78 Å². The molecule has 0 aliphatic carbocycles. The van der Waals surface area contributed by atoms with Crippen LogP contribution in [0.3, 0.4) is 0 Å². The molecule has 0 saturated heterocycles. The van der Waals surface area contributed by atoms with Gasteiger partial charge in [0, 0.05) is 41.3 Å². The van der Waals surface area contributed by atoms with Crippen molar-refractivity contribution in [2.24, 2.45) is 5.41 Å². The largest absolute Gasteiger partial charge is 0.491 e. The van der Waals surface area contributed by atoms with Crippen LogP contribution in [0.2, 0.25) is 0 Å². The number of anilines is 1. The van der Waals surface area contributed by atoms with Gasteiger partial charge in [0.2, 0.25) is 0 Å². The molecule has 0 aromatic heterocycles. The number of aliphatic carboxylic acids is 1. The Morgan fingerprint density at radius 1 is 0.875 bits per heavy atom. The smallest absolute Gasteiger partial charge is 0.416 e. The molecule has 10 heteroatoms. The maximum absolute atomic E-state index is 14.8. The fourth-order valence-electron chi connectivity index (χ4n) is 3.90. The number of halogens is 5. The summed E-state index contributed by atoms with van der Waals surface area (Å²) >= 11 is 0. The van der Waals surface area contributed by atoms with E-state index in [1.54, 1.807) is 24.3 Å². The zero-order valence-electron chi connectivity index (χ0n) is 22.2. The Balaban J connectivity index is 1.67. The Hall–Kier alpha value is -3.95. The van der Waals surface area contributed by atoms with Gasteiger partial charge in [0.1, 0.15) is 24.0 Å². The minimum absolute atomic E-state index is 0.0722. The first-order valence-electron chi connectivity index (χ1n) is 12.6. The second kappa shape index (κ2) is 12.5. The first-order valence-corrected chi connectivity index (χ1v) is 12.6. The van der Waals surface area contributed by atoms with Crippen LogP contribution in [-0.2, 0) is 11.0 Å². The molecule has 0 amide bonds. The second-order valence-corrected chi connectivity index (χ2v) is 10.5. The standard InChI is InChI=1S/C30H30F5NO4/c1-29(2,3)27(36-20-10-7-18(8-11-20)26(37)5-4-6-28(38)39)17-40-21-12-14-23(25(32)16-21)22-13-9-19(15-24(22)31)30(33,34)35/h7-16,27,36H,4-6,17H2,1-3H3,(H,38,39)/t27-/m1/s1. The fraction of sp³-hybridized carbons (Fsp3) is 0.333. The van der Waals surface area contributed by atoms with E-state index in [1.165, 1.54) is 12.1 Å². The third-order valence-corrected chi connectivity index (χ3v) is 6.33. The van der Waals surface area contributed by atoms with Crippen molar-refractivity contribution >= 4 is 17.4 Å². The number of benzene rings is 3. The van der Waals surface area contributed by atoms with Crippen molar-refractivity contribution in [3.8, 4) is 16.9 Å². The molecule has 40 heavy (non-hydrogen) atoms. The van der Waals surface area contributed by atoms with Gasteiger partial charge in [0.25, 0.3) is 0 Å². The normalized spacial score (nSPS) is 12.6. The van der Waals surface area contributed by atoms with Crippen LogP contribution in [0, 0.1) is 17.0 Å². The average molecular weight is 564 g/mol. The van der Waals surface area contributed by atoms with Gasteiger partial charge in [-0.15, -0.1) is 0 Å². The van der Waals surface area contributed by atoms with Gasteiger partial charge >= 0.3 is 12.1 Å². The van der Waals surface area contributed by atoms with Crippen LogP contribution in [-0.4, -0.2) is 29.5 Å². The van der Waals surface area contributed by atoms with Crippen LogP contribution in [0.1, 0.15) is 56.0 Å². The summed E-state index contributed by atoms with van der Waals surface area (Å²) in [4.78, 5) is 22.9. The highest BCUT2D eigenvalue weighted by molar-refractivity contribution is 5.96. The van der Waals surface area contributed by atoms with Crippen molar-refractivity contribution in [3.05, 3.63) is 83.4 Å². The molecule has 0 heterocycles. The Bertz CT molecular complexity index is 1350. The quantitative estimate of drug-likeness (QED) is 0.183. The zero-order valence-corrected chi connectivity index (χ0v) is 22.2. The number of carboxylic acid groups (broad SMARTS) is 1. The van der Waals surface area contributed by atoms with Crippen LogP contribution in [0.5, 0.6) is 5.75 Å². The van der Waals surface area contributed by atoms with E-state index in [0.717, 1.165) is 12.1 Å². The molecule has 2 N–H and O–H groups in total. The van der Waals surface area contributed by atoms with E-state index in [9.17, 15) is 31.5 Å². The Labute approximate surface area is 229 Å². The highest BCUT2D eigenvalue weighted by Crippen LogP contribution is 2.34. The van der Waals surface area contributed by atoms with Crippen LogP contribution < -0.4 is 10.1 Å². The monoisotopic (exact) mass is 563 g/mol. The number of Topliss-reactive ketones (excluding diaryl/α,β-unsaturated/α-hetero) is 1. The molecule has 0 spiro atoms. The van der Waals surface area contributed by atoms with E-state index in [2.05, 4.69) is 5.32 Å². The summed E-state index contributed by atoms with van der Waals surface area (Å²) in [5.74, 6) is -2.97. The molecule has 0 unspecified atom stereocenters. The van der Waals surface area contributed by atoms with Crippen molar-refractivity contribution < 1.29 is 41.4 Å². The van der Waals surface area contributed by atoms with Crippen molar-refractivity contribution in [2.45, 2.75) is 52.3 Å². The number of carbonyl (C=O) groups is 2. The van der Waals surface area contributed by atoms with Gasteiger partial charge in [-0.1, -0.05) is 26.8 Å². The molecule has 1 atom stereocenters. The van der Waals surface area contributed by atoms with Crippen LogP contribution in [0.25, 0.3) is 11.1 Å². The van der Waals surface area contributed by atoms with Gasteiger partial charge in [-0.05, 0) is 60.4 Å². The van der Waals surface area contributed by atoms with E-state index in [4.69, 9.17) is 9.84 Å². The average Bonchev–Trinajstić information content (AvgIpc) is 2.85. The predicted molar refractivity (Wildman–Crippen MR) is 141 cm³/mol.